The summed E-state index contributed by atoms with van der Waals surface area (Å²) in [6, 6.07) is 15.7. The van der Waals surface area contributed by atoms with Gasteiger partial charge in [-0.05, 0) is 37.1 Å². The summed E-state index contributed by atoms with van der Waals surface area (Å²) < 4.78 is 23.4. The van der Waals surface area contributed by atoms with E-state index < -0.39 is 11.9 Å². The summed E-state index contributed by atoms with van der Waals surface area (Å²) in [5.74, 6) is -0.662. The fraction of sp³-hybridized carbons (Fsp3) is 0.318. The lowest BCUT2D eigenvalue weighted by Crippen LogP contribution is -2.44. The van der Waals surface area contributed by atoms with E-state index in [1.165, 1.54) is 6.92 Å². The van der Waals surface area contributed by atoms with Gasteiger partial charge < -0.3 is 18.9 Å². The summed E-state index contributed by atoms with van der Waals surface area (Å²) in [5.41, 5.74) is 3.91. The van der Waals surface area contributed by atoms with Crippen LogP contribution in [-0.2, 0) is 20.9 Å². The molecule has 2 aliphatic rings. The predicted octanol–water partition coefficient (Wildman–Crippen LogP) is 4.46. The first-order chi connectivity index (χ1) is 13.0. The summed E-state index contributed by atoms with van der Waals surface area (Å²) in [7, 11) is 0. The van der Waals surface area contributed by atoms with Gasteiger partial charge in [0, 0.05) is 25.0 Å². The zero-order valence-electron chi connectivity index (χ0n) is 15.7. The van der Waals surface area contributed by atoms with Crippen LogP contribution in [0, 0.1) is 0 Å². The molecular formula is C22H22O5. The fourth-order valence-electron chi connectivity index (χ4n) is 3.59. The molecule has 0 amide bonds. The molecule has 0 bridgehead atoms. The third kappa shape index (κ3) is 3.30. The number of rotatable bonds is 4. The molecule has 2 aliphatic heterocycles. The third-order valence-corrected chi connectivity index (χ3v) is 4.80. The highest BCUT2D eigenvalue weighted by molar-refractivity contribution is 5.77. The van der Waals surface area contributed by atoms with Crippen LogP contribution < -0.4 is 9.47 Å². The molecule has 4 rings (SSSR count). The Morgan fingerprint density at radius 1 is 1.22 bits per heavy atom. The van der Waals surface area contributed by atoms with Crippen molar-refractivity contribution in [2.24, 2.45) is 0 Å². The zero-order valence-corrected chi connectivity index (χ0v) is 15.7. The van der Waals surface area contributed by atoms with Gasteiger partial charge in [-0.2, -0.15) is 0 Å². The summed E-state index contributed by atoms with van der Waals surface area (Å²) >= 11 is 0. The van der Waals surface area contributed by atoms with Crippen LogP contribution in [0.4, 0.5) is 0 Å². The number of hydrogen-bond donors (Lipinski definition) is 0. The Balaban J connectivity index is 1.63. The maximum atomic E-state index is 11.7. The molecule has 0 aliphatic carbocycles. The van der Waals surface area contributed by atoms with Gasteiger partial charge in [0.15, 0.2) is 0 Å². The van der Waals surface area contributed by atoms with Gasteiger partial charge in [0.2, 0.25) is 0 Å². The van der Waals surface area contributed by atoms with Gasteiger partial charge in [-0.15, -0.1) is 0 Å². The first-order valence-corrected chi connectivity index (χ1v) is 9.04. The van der Waals surface area contributed by atoms with Gasteiger partial charge in [-0.25, -0.2) is 0 Å². The molecule has 0 spiro atoms. The predicted molar refractivity (Wildman–Crippen MR) is 100 cm³/mol. The van der Waals surface area contributed by atoms with E-state index in [0.29, 0.717) is 24.5 Å². The molecule has 140 valence electrons. The van der Waals surface area contributed by atoms with E-state index in [4.69, 9.17) is 18.9 Å². The van der Waals surface area contributed by atoms with E-state index in [9.17, 15) is 4.79 Å². The van der Waals surface area contributed by atoms with Crippen LogP contribution in [0.1, 0.15) is 38.3 Å². The van der Waals surface area contributed by atoms with Crippen molar-refractivity contribution in [3.05, 3.63) is 65.2 Å². The van der Waals surface area contributed by atoms with Crippen LogP contribution in [0.5, 0.6) is 11.5 Å². The maximum Gasteiger partial charge on any atom is 0.400 e. The number of carbonyl (C=O) groups is 1. The first-order valence-electron chi connectivity index (χ1n) is 9.04. The Kier molecular flexibility index (Phi) is 4.40. The molecular weight excluding hydrogens is 344 g/mol. The van der Waals surface area contributed by atoms with Crippen molar-refractivity contribution >= 4 is 11.5 Å². The summed E-state index contributed by atoms with van der Waals surface area (Å²) in [6.07, 6.45) is 0.558. The van der Waals surface area contributed by atoms with Crippen molar-refractivity contribution in [2.75, 3.05) is 0 Å². The second-order valence-corrected chi connectivity index (χ2v) is 6.92. The molecule has 0 aromatic heterocycles. The van der Waals surface area contributed by atoms with Crippen molar-refractivity contribution in [2.45, 2.75) is 45.9 Å². The Hall–Kier alpha value is -2.79. The average molecular weight is 366 g/mol. The van der Waals surface area contributed by atoms with Crippen molar-refractivity contribution in [1.29, 1.82) is 0 Å². The van der Waals surface area contributed by atoms with Crippen LogP contribution in [0.25, 0.3) is 5.57 Å². The lowest BCUT2D eigenvalue weighted by molar-refractivity contribution is -0.295. The smallest absolute Gasteiger partial charge is 0.400 e. The molecule has 0 saturated carbocycles. The molecule has 2 atom stereocenters. The quantitative estimate of drug-likeness (QED) is 0.748. The normalized spacial score (nSPS) is 23.3. The van der Waals surface area contributed by atoms with Crippen LogP contribution in [-0.4, -0.2) is 18.0 Å². The number of ether oxygens (including phenoxy) is 4. The second kappa shape index (κ2) is 6.74. The minimum atomic E-state index is -1.47. The van der Waals surface area contributed by atoms with Gasteiger partial charge in [0.05, 0.1) is 11.7 Å². The highest BCUT2D eigenvalue weighted by Gasteiger charge is 2.53. The SMILES string of the molecule is CC(=O)O[C@@]12Oc3cc(OCc4ccccc4)ccc3C(C)=C1C[C@@H](C)O2. The van der Waals surface area contributed by atoms with E-state index >= 15 is 0 Å². The largest absolute Gasteiger partial charge is 0.489 e. The van der Waals surface area contributed by atoms with Crippen LogP contribution in [0.15, 0.2) is 54.1 Å². The first kappa shape index (κ1) is 17.6. The minimum Gasteiger partial charge on any atom is -0.489 e. The highest BCUT2D eigenvalue weighted by Crippen LogP contribution is 2.49. The van der Waals surface area contributed by atoms with E-state index in [2.05, 4.69) is 0 Å². The number of allylic oxidation sites excluding steroid dienone is 1. The molecule has 5 nitrogen and oxygen atoms in total. The molecule has 2 aromatic carbocycles. The highest BCUT2D eigenvalue weighted by atomic mass is 16.9. The number of carbonyl (C=O) groups excluding carboxylic acids is 1. The molecule has 2 heterocycles. The van der Waals surface area contributed by atoms with E-state index in [0.717, 1.165) is 22.3 Å². The average Bonchev–Trinajstić information content (AvgIpc) is 2.96. The Bertz CT molecular complexity index is 902. The van der Waals surface area contributed by atoms with Gasteiger partial charge in [-0.1, -0.05) is 30.3 Å². The molecule has 0 unspecified atom stereocenters. The van der Waals surface area contributed by atoms with Crippen LogP contribution in [0.3, 0.4) is 0 Å². The standard InChI is InChI=1S/C22H22O5/c1-14-11-20-15(2)19-10-9-18(24-13-17-7-5-4-6-8-17)12-21(19)27-22(20,25-14)26-16(3)23/h4-10,12,14H,11,13H2,1-3H3/t14-,22-/m1/s1. The van der Waals surface area contributed by atoms with Crippen molar-refractivity contribution in [3.63, 3.8) is 0 Å². The lowest BCUT2D eigenvalue weighted by atomic mass is 9.94. The van der Waals surface area contributed by atoms with Crippen LogP contribution in [0.2, 0.25) is 0 Å². The van der Waals surface area contributed by atoms with Crippen molar-refractivity contribution < 1.29 is 23.7 Å². The molecule has 1 fully saturated rings. The molecule has 1 saturated heterocycles. The van der Waals surface area contributed by atoms with E-state index in [1.54, 1.807) is 0 Å². The van der Waals surface area contributed by atoms with Gasteiger partial charge in [0.1, 0.15) is 18.1 Å². The van der Waals surface area contributed by atoms with Gasteiger partial charge in [-0.3, -0.25) is 4.79 Å². The third-order valence-electron chi connectivity index (χ3n) is 4.80. The lowest BCUT2D eigenvalue weighted by Gasteiger charge is -2.34. The fourth-order valence-corrected chi connectivity index (χ4v) is 3.59. The summed E-state index contributed by atoms with van der Waals surface area (Å²) in [6.45, 7) is 5.75. The molecule has 5 heteroatoms. The Morgan fingerprint density at radius 2 is 2.00 bits per heavy atom. The molecule has 27 heavy (non-hydrogen) atoms. The van der Waals surface area contributed by atoms with Gasteiger partial charge >= 0.3 is 11.9 Å². The van der Waals surface area contributed by atoms with E-state index in [1.807, 2.05) is 62.4 Å². The minimum absolute atomic E-state index is 0.0996. The Morgan fingerprint density at radius 3 is 2.74 bits per heavy atom. The van der Waals surface area contributed by atoms with Crippen LogP contribution >= 0.6 is 0 Å². The molecule has 2 aromatic rings. The van der Waals surface area contributed by atoms with Crippen molar-refractivity contribution in [3.8, 4) is 11.5 Å². The monoisotopic (exact) mass is 366 g/mol. The summed E-state index contributed by atoms with van der Waals surface area (Å²) in [5, 5.41) is 0. The van der Waals surface area contributed by atoms with Crippen molar-refractivity contribution in [1.82, 2.24) is 0 Å². The molecule has 0 radical (unpaired) electrons. The summed E-state index contributed by atoms with van der Waals surface area (Å²) in [4.78, 5) is 11.7. The molecule has 0 N–H and O–H groups in total. The second-order valence-electron chi connectivity index (χ2n) is 6.92. The maximum absolute atomic E-state index is 11.7. The van der Waals surface area contributed by atoms with Gasteiger partial charge in [0.25, 0.3) is 0 Å². The zero-order chi connectivity index (χ0) is 19.0. The number of esters is 1. The van der Waals surface area contributed by atoms with E-state index in [-0.39, 0.29) is 6.10 Å². The number of fused-ring (bicyclic) bond motifs is 2. The number of hydrogen-bond acceptors (Lipinski definition) is 5. The topological polar surface area (TPSA) is 54.0 Å². The number of benzene rings is 2. The Labute approximate surface area is 158 Å².